The van der Waals surface area contributed by atoms with Crippen LogP contribution in [0.2, 0.25) is 0 Å². The molecule has 0 bridgehead atoms. The quantitative estimate of drug-likeness (QED) is 0.495. The summed E-state index contributed by atoms with van der Waals surface area (Å²) >= 11 is 0. The van der Waals surface area contributed by atoms with Crippen LogP contribution in [0.25, 0.3) is 11.1 Å². The highest BCUT2D eigenvalue weighted by molar-refractivity contribution is 8.13. The Morgan fingerprint density at radius 1 is 0.947 bits per heavy atom. The third-order valence-corrected chi connectivity index (χ3v) is 3.92. The van der Waals surface area contributed by atoms with Gasteiger partial charge in [0.1, 0.15) is 0 Å². The number of hydrogen-bond acceptors (Lipinski definition) is 4. The van der Waals surface area contributed by atoms with Gasteiger partial charge in [-0.1, -0.05) is 30.3 Å². The second kappa shape index (κ2) is 4.99. The van der Waals surface area contributed by atoms with Crippen molar-refractivity contribution in [1.82, 2.24) is 0 Å². The SMILES string of the molecule is O=[N+]([O-])c1ccccc1-c1ccccc1S(=O)(=O)Cl. The Labute approximate surface area is 114 Å². The zero-order valence-corrected chi connectivity index (χ0v) is 11.1. The number of halogens is 1. The number of benzene rings is 2. The van der Waals surface area contributed by atoms with E-state index in [-0.39, 0.29) is 21.7 Å². The summed E-state index contributed by atoms with van der Waals surface area (Å²) in [5.74, 6) is 0. The normalized spacial score (nSPS) is 11.2. The summed E-state index contributed by atoms with van der Waals surface area (Å²) in [5.41, 5.74) is 0.257. The molecule has 5 nitrogen and oxygen atoms in total. The maximum atomic E-state index is 11.5. The first-order chi connectivity index (χ1) is 8.91. The summed E-state index contributed by atoms with van der Waals surface area (Å²) in [6.07, 6.45) is 0. The second-order valence-electron chi connectivity index (χ2n) is 3.71. The van der Waals surface area contributed by atoms with E-state index in [0.717, 1.165) is 0 Å². The van der Waals surface area contributed by atoms with Crippen LogP contribution in [0.4, 0.5) is 5.69 Å². The number of hydrogen-bond donors (Lipinski definition) is 0. The van der Waals surface area contributed by atoms with Crippen molar-refractivity contribution < 1.29 is 13.3 Å². The summed E-state index contributed by atoms with van der Waals surface area (Å²) in [4.78, 5) is 10.3. The number of rotatable bonds is 3. The van der Waals surface area contributed by atoms with Gasteiger partial charge in [0.05, 0.1) is 15.4 Å². The van der Waals surface area contributed by atoms with Crippen molar-refractivity contribution in [3.8, 4) is 11.1 Å². The van der Waals surface area contributed by atoms with Crippen LogP contribution < -0.4 is 0 Å². The number of nitro groups is 1. The minimum Gasteiger partial charge on any atom is -0.258 e. The van der Waals surface area contributed by atoms with Crippen LogP contribution in [0.1, 0.15) is 0 Å². The van der Waals surface area contributed by atoms with E-state index < -0.39 is 14.0 Å². The molecule has 2 rings (SSSR count). The van der Waals surface area contributed by atoms with Crippen LogP contribution >= 0.6 is 10.7 Å². The van der Waals surface area contributed by atoms with Gasteiger partial charge in [-0.15, -0.1) is 0 Å². The molecule has 0 saturated carbocycles. The van der Waals surface area contributed by atoms with Crippen LogP contribution in [0.15, 0.2) is 53.4 Å². The summed E-state index contributed by atoms with van der Waals surface area (Å²) in [6.45, 7) is 0. The van der Waals surface area contributed by atoms with Crippen molar-refractivity contribution in [2.45, 2.75) is 4.90 Å². The molecule has 0 atom stereocenters. The van der Waals surface area contributed by atoms with Crippen LogP contribution in [0.3, 0.4) is 0 Å². The fourth-order valence-electron chi connectivity index (χ4n) is 1.76. The summed E-state index contributed by atoms with van der Waals surface area (Å²) in [5, 5.41) is 11.0. The summed E-state index contributed by atoms with van der Waals surface area (Å²) in [6, 6.07) is 11.8. The lowest BCUT2D eigenvalue weighted by Crippen LogP contribution is -1.97. The van der Waals surface area contributed by atoms with E-state index in [0.29, 0.717) is 0 Å². The first-order valence-electron chi connectivity index (χ1n) is 5.19. The Kier molecular flexibility index (Phi) is 3.55. The van der Waals surface area contributed by atoms with Gasteiger partial charge in [-0.3, -0.25) is 10.1 Å². The van der Waals surface area contributed by atoms with Gasteiger partial charge in [0.15, 0.2) is 0 Å². The zero-order chi connectivity index (χ0) is 14.0. The van der Waals surface area contributed by atoms with Gasteiger partial charge in [0.25, 0.3) is 14.7 Å². The van der Waals surface area contributed by atoms with Crippen LogP contribution in [-0.2, 0) is 9.05 Å². The fraction of sp³-hybridized carbons (Fsp3) is 0. The van der Waals surface area contributed by atoms with Gasteiger partial charge < -0.3 is 0 Å². The predicted octanol–water partition coefficient (Wildman–Crippen LogP) is 3.19. The Hall–Kier alpha value is -1.92. The molecule has 0 aliphatic heterocycles. The Bertz CT molecular complexity index is 743. The standard InChI is InChI=1S/C12H8ClNO4S/c13-19(17,18)12-8-4-2-6-10(12)9-5-1-3-7-11(9)14(15)16/h1-8H. The molecule has 0 fully saturated rings. The molecular formula is C12H8ClNO4S. The molecular weight excluding hydrogens is 290 g/mol. The van der Waals surface area contributed by atoms with Crippen molar-refractivity contribution in [2.24, 2.45) is 0 Å². The van der Waals surface area contributed by atoms with Gasteiger partial charge in [0.2, 0.25) is 0 Å². The minimum absolute atomic E-state index is 0.147. The average molecular weight is 298 g/mol. The monoisotopic (exact) mass is 297 g/mol. The Morgan fingerprint density at radius 2 is 1.47 bits per heavy atom. The summed E-state index contributed by atoms with van der Waals surface area (Å²) in [7, 11) is 1.37. The van der Waals surface area contributed by atoms with Gasteiger partial charge >= 0.3 is 0 Å². The molecule has 2 aromatic rings. The molecule has 0 N–H and O–H groups in total. The van der Waals surface area contributed by atoms with Crippen LogP contribution in [0, 0.1) is 10.1 Å². The first-order valence-corrected chi connectivity index (χ1v) is 7.49. The highest BCUT2D eigenvalue weighted by Crippen LogP contribution is 2.35. The maximum absolute atomic E-state index is 11.5. The lowest BCUT2D eigenvalue weighted by Gasteiger charge is -2.07. The van der Waals surface area contributed by atoms with Gasteiger partial charge in [-0.05, 0) is 12.1 Å². The van der Waals surface area contributed by atoms with Gasteiger partial charge in [-0.2, -0.15) is 0 Å². The van der Waals surface area contributed by atoms with Crippen LogP contribution in [0.5, 0.6) is 0 Å². The highest BCUT2D eigenvalue weighted by Gasteiger charge is 2.21. The molecule has 19 heavy (non-hydrogen) atoms. The number of nitro benzene ring substituents is 1. The molecule has 0 saturated heterocycles. The van der Waals surface area contributed by atoms with E-state index >= 15 is 0 Å². The highest BCUT2D eigenvalue weighted by atomic mass is 35.7. The molecule has 0 amide bonds. The lowest BCUT2D eigenvalue weighted by molar-refractivity contribution is -0.384. The largest absolute Gasteiger partial charge is 0.277 e. The Balaban J connectivity index is 2.78. The van der Waals surface area contributed by atoms with Gasteiger partial charge in [-0.25, -0.2) is 8.42 Å². The molecule has 0 unspecified atom stereocenters. The third-order valence-electron chi connectivity index (χ3n) is 2.54. The van der Waals surface area contributed by atoms with Crippen LogP contribution in [-0.4, -0.2) is 13.3 Å². The predicted molar refractivity (Wildman–Crippen MR) is 71.6 cm³/mol. The smallest absolute Gasteiger partial charge is 0.258 e. The van der Waals surface area contributed by atoms with Crippen molar-refractivity contribution in [3.63, 3.8) is 0 Å². The number of nitrogens with zero attached hydrogens (tertiary/aromatic N) is 1. The van der Waals surface area contributed by atoms with Crippen molar-refractivity contribution in [2.75, 3.05) is 0 Å². The molecule has 7 heteroatoms. The lowest BCUT2D eigenvalue weighted by atomic mass is 10.0. The summed E-state index contributed by atoms with van der Waals surface area (Å²) < 4.78 is 23.0. The van der Waals surface area contributed by atoms with E-state index in [2.05, 4.69) is 0 Å². The molecule has 0 aromatic heterocycles. The van der Waals surface area contributed by atoms with Crippen molar-refractivity contribution >= 4 is 25.4 Å². The van der Waals surface area contributed by atoms with E-state index in [1.54, 1.807) is 12.1 Å². The molecule has 98 valence electrons. The van der Waals surface area contributed by atoms with Crippen molar-refractivity contribution in [1.29, 1.82) is 0 Å². The van der Waals surface area contributed by atoms with E-state index in [1.165, 1.54) is 36.4 Å². The molecule has 0 aliphatic carbocycles. The molecule has 2 aromatic carbocycles. The second-order valence-corrected chi connectivity index (χ2v) is 6.24. The van der Waals surface area contributed by atoms with Gasteiger partial charge in [0, 0.05) is 22.3 Å². The van der Waals surface area contributed by atoms with E-state index in [4.69, 9.17) is 10.7 Å². The van der Waals surface area contributed by atoms with Crippen molar-refractivity contribution in [3.05, 3.63) is 58.6 Å². The minimum atomic E-state index is -3.97. The molecule has 0 radical (unpaired) electrons. The molecule has 0 aliphatic rings. The molecule has 0 spiro atoms. The maximum Gasteiger partial charge on any atom is 0.277 e. The topological polar surface area (TPSA) is 77.3 Å². The first kappa shape index (κ1) is 13.5. The zero-order valence-electron chi connectivity index (χ0n) is 9.49. The Morgan fingerprint density at radius 3 is 2.05 bits per heavy atom. The fourth-order valence-corrected chi connectivity index (χ4v) is 2.85. The van der Waals surface area contributed by atoms with E-state index in [9.17, 15) is 18.5 Å². The third kappa shape index (κ3) is 2.74. The average Bonchev–Trinajstić information content (AvgIpc) is 2.37. The number of para-hydroxylation sites is 1. The van der Waals surface area contributed by atoms with E-state index in [1.807, 2.05) is 0 Å². The molecule has 0 heterocycles.